The molecule has 1 aromatic heterocycles. The molecule has 0 aliphatic heterocycles. The van der Waals surface area contributed by atoms with Gasteiger partial charge in [0.05, 0.1) is 11.2 Å². The molecule has 0 bridgehead atoms. The molecule has 166 valence electrons. The fraction of sp³-hybridized carbons (Fsp3) is 0.304. The number of aromatic nitrogens is 2. The van der Waals surface area contributed by atoms with Crippen LogP contribution in [-0.2, 0) is 22.6 Å². The van der Waals surface area contributed by atoms with E-state index in [2.05, 4.69) is 10.4 Å². The molecule has 1 heterocycles. The summed E-state index contributed by atoms with van der Waals surface area (Å²) in [5.41, 5.74) is 6.73. The quantitative estimate of drug-likeness (QED) is 0.564. The van der Waals surface area contributed by atoms with Gasteiger partial charge in [0.1, 0.15) is 18.9 Å². The van der Waals surface area contributed by atoms with Crippen LogP contribution in [0.15, 0.2) is 42.5 Å². The summed E-state index contributed by atoms with van der Waals surface area (Å²) in [5.74, 6) is -1.92. The Morgan fingerprint density at radius 3 is 2.62 bits per heavy atom. The maximum absolute atomic E-state index is 14.5. The van der Waals surface area contributed by atoms with Crippen molar-refractivity contribution in [2.24, 2.45) is 5.73 Å². The van der Waals surface area contributed by atoms with Gasteiger partial charge in [0.15, 0.2) is 5.69 Å². The highest BCUT2D eigenvalue weighted by molar-refractivity contribution is 6.04. The second kappa shape index (κ2) is 8.78. The Bertz CT molecular complexity index is 1200. The molecular weight excluding hydrogens is 413 g/mol. The molecule has 32 heavy (non-hydrogen) atoms. The number of hydrogen-bond acceptors (Lipinski definition) is 4. The second-order valence-electron chi connectivity index (χ2n) is 7.82. The number of para-hydroxylation sites is 1. The number of aryl methyl sites for hydroxylation is 1. The molecule has 0 spiro atoms. The zero-order chi connectivity index (χ0) is 22.8. The summed E-state index contributed by atoms with van der Waals surface area (Å²) in [5, 5.41) is 7.35. The fourth-order valence-corrected chi connectivity index (χ4v) is 3.75. The summed E-state index contributed by atoms with van der Waals surface area (Å²) >= 11 is 0. The van der Waals surface area contributed by atoms with E-state index in [1.54, 1.807) is 36.4 Å². The van der Waals surface area contributed by atoms with Crippen molar-refractivity contribution in [3.63, 3.8) is 0 Å². The molecule has 0 radical (unpaired) electrons. The van der Waals surface area contributed by atoms with Gasteiger partial charge < -0.3 is 16.0 Å². The lowest BCUT2D eigenvalue weighted by Crippen LogP contribution is -2.41. The third-order valence-electron chi connectivity index (χ3n) is 5.53. The van der Waals surface area contributed by atoms with Crippen molar-refractivity contribution in [3.05, 3.63) is 59.5 Å². The third kappa shape index (κ3) is 4.32. The minimum atomic E-state index is -0.679. The molecule has 9 heteroatoms. The number of nitrogens with zero attached hydrogens (tertiary/aromatic N) is 3. The lowest BCUT2D eigenvalue weighted by molar-refractivity contribution is -0.135. The summed E-state index contributed by atoms with van der Waals surface area (Å²) in [6, 6.07) is 11.8. The first-order valence-electron chi connectivity index (χ1n) is 10.5. The number of carbonyl (C=O) groups excluding carboxylic acids is 3. The number of hydrogen-bond donors (Lipinski definition) is 2. The van der Waals surface area contributed by atoms with Crippen LogP contribution in [0.25, 0.3) is 10.9 Å². The first-order chi connectivity index (χ1) is 15.4. The van der Waals surface area contributed by atoms with E-state index < -0.39 is 17.6 Å². The van der Waals surface area contributed by atoms with Gasteiger partial charge in [-0.3, -0.25) is 19.1 Å². The molecule has 1 aliphatic carbocycles. The molecule has 0 unspecified atom stereocenters. The van der Waals surface area contributed by atoms with Crippen LogP contribution in [-0.4, -0.2) is 45.0 Å². The average Bonchev–Trinajstić information content (AvgIpc) is 3.55. The SMILES string of the molecule is CCc1cccc(NC(=O)CN(C(=O)Cn2nc(C(N)=O)c3ccccc32)C2CC2)c1F. The smallest absolute Gasteiger partial charge is 0.269 e. The average molecular weight is 437 g/mol. The Labute approximate surface area is 184 Å². The van der Waals surface area contributed by atoms with E-state index in [9.17, 15) is 18.8 Å². The van der Waals surface area contributed by atoms with E-state index >= 15 is 0 Å². The number of carbonyl (C=O) groups is 3. The van der Waals surface area contributed by atoms with Crippen LogP contribution in [0.4, 0.5) is 10.1 Å². The van der Waals surface area contributed by atoms with Gasteiger partial charge in [-0.25, -0.2) is 4.39 Å². The van der Waals surface area contributed by atoms with Gasteiger partial charge in [-0.05, 0) is 37.0 Å². The van der Waals surface area contributed by atoms with E-state index in [0.29, 0.717) is 22.9 Å². The molecule has 4 rings (SSSR count). The van der Waals surface area contributed by atoms with Gasteiger partial charge in [-0.2, -0.15) is 5.10 Å². The Hall–Kier alpha value is -3.75. The monoisotopic (exact) mass is 437 g/mol. The predicted octanol–water partition coefficient (Wildman–Crippen LogP) is 2.47. The van der Waals surface area contributed by atoms with Crippen LogP contribution in [0.5, 0.6) is 0 Å². The van der Waals surface area contributed by atoms with Crippen LogP contribution >= 0.6 is 0 Å². The van der Waals surface area contributed by atoms with Crippen molar-refractivity contribution in [1.29, 1.82) is 0 Å². The Morgan fingerprint density at radius 2 is 1.94 bits per heavy atom. The van der Waals surface area contributed by atoms with Crippen LogP contribution in [0, 0.1) is 5.82 Å². The molecule has 3 aromatic rings. The number of nitrogens with one attached hydrogen (secondary N) is 1. The van der Waals surface area contributed by atoms with E-state index in [1.165, 1.54) is 15.6 Å². The molecule has 1 aliphatic rings. The van der Waals surface area contributed by atoms with Gasteiger partial charge in [0.25, 0.3) is 5.91 Å². The number of nitrogens with two attached hydrogens (primary N) is 1. The number of benzene rings is 2. The summed E-state index contributed by atoms with van der Waals surface area (Å²) in [7, 11) is 0. The lowest BCUT2D eigenvalue weighted by atomic mass is 10.1. The highest BCUT2D eigenvalue weighted by Gasteiger charge is 2.34. The van der Waals surface area contributed by atoms with Crippen molar-refractivity contribution in [2.45, 2.75) is 38.8 Å². The topological polar surface area (TPSA) is 110 Å². The highest BCUT2D eigenvalue weighted by Crippen LogP contribution is 2.28. The minimum Gasteiger partial charge on any atom is -0.364 e. The number of amides is 3. The van der Waals surface area contributed by atoms with Crippen molar-refractivity contribution >= 4 is 34.3 Å². The van der Waals surface area contributed by atoms with Crippen LogP contribution in [0.1, 0.15) is 35.8 Å². The zero-order valence-corrected chi connectivity index (χ0v) is 17.7. The Kier molecular flexibility index (Phi) is 5.89. The summed E-state index contributed by atoms with van der Waals surface area (Å²) in [6.45, 7) is 1.50. The van der Waals surface area contributed by atoms with Gasteiger partial charge in [0.2, 0.25) is 11.8 Å². The molecule has 3 amide bonds. The van der Waals surface area contributed by atoms with Crippen LogP contribution < -0.4 is 11.1 Å². The molecule has 2 aromatic carbocycles. The zero-order valence-electron chi connectivity index (χ0n) is 17.7. The summed E-state index contributed by atoms with van der Waals surface area (Å²) in [6.07, 6.45) is 2.10. The third-order valence-corrected chi connectivity index (χ3v) is 5.53. The highest BCUT2D eigenvalue weighted by atomic mass is 19.1. The van der Waals surface area contributed by atoms with Crippen LogP contribution in [0.3, 0.4) is 0 Å². The molecule has 0 atom stereocenters. The van der Waals surface area contributed by atoms with Crippen molar-refractivity contribution in [1.82, 2.24) is 14.7 Å². The Balaban J connectivity index is 1.50. The summed E-state index contributed by atoms with van der Waals surface area (Å²) < 4.78 is 15.9. The number of fused-ring (bicyclic) bond motifs is 1. The largest absolute Gasteiger partial charge is 0.364 e. The maximum atomic E-state index is 14.5. The Morgan fingerprint density at radius 1 is 1.19 bits per heavy atom. The minimum absolute atomic E-state index is 0.0440. The molecule has 8 nitrogen and oxygen atoms in total. The lowest BCUT2D eigenvalue weighted by Gasteiger charge is -2.22. The molecule has 1 fully saturated rings. The number of halogens is 1. The fourth-order valence-electron chi connectivity index (χ4n) is 3.75. The standard InChI is InChI=1S/C23H24FN5O3/c1-2-14-6-5-8-17(21(14)24)26-19(30)12-28(15-10-11-15)20(31)13-29-18-9-4-3-7-16(18)22(27-29)23(25)32/h3-9,15H,2,10-13H2,1H3,(H2,25,32)(H,26,30). The van der Waals surface area contributed by atoms with Crippen molar-refractivity contribution in [2.75, 3.05) is 11.9 Å². The van der Waals surface area contributed by atoms with Crippen molar-refractivity contribution < 1.29 is 18.8 Å². The molecule has 1 saturated carbocycles. The number of rotatable bonds is 8. The van der Waals surface area contributed by atoms with E-state index in [-0.39, 0.29) is 36.4 Å². The molecular formula is C23H24FN5O3. The summed E-state index contributed by atoms with van der Waals surface area (Å²) in [4.78, 5) is 38.9. The van der Waals surface area contributed by atoms with Gasteiger partial charge in [-0.15, -0.1) is 0 Å². The first kappa shape index (κ1) is 21.5. The van der Waals surface area contributed by atoms with E-state index in [1.807, 2.05) is 6.92 Å². The first-order valence-corrected chi connectivity index (χ1v) is 10.5. The number of primary amides is 1. The maximum Gasteiger partial charge on any atom is 0.269 e. The van der Waals surface area contributed by atoms with E-state index in [0.717, 1.165) is 12.8 Å². The molecule has 0 saturated heterocycles. The normalized spacial score (nSPS) is 13.2. The predicted molar refractivity (Wildman–Crippen MR) is 117 cm³/mol. The van der Waals surface area contributed by atoms with Gasteiger partial charge in [-0.1, -0.05) is 37.3 Å². The number of anilines is 1. The van der Waals surface area contributed by atoms with Crippen molar-refractivity contribution in [3.8, 4) is 0 Å². The molecule has 3 N–H and O–H groups in total. The second-order valence-corrected chi connectivity index (χ2v) is 7.82. The van der Waals surface area contributed by atoms with Crippen LogP contribution in [0.2, 0.25) is 0 Å². The van der Waals surface area contributed by atoms with Gasteiger partial charge in [0, 0.05) is 11.4 Å². The van der Waals surface area contributed by atoms with E-state index in [4.69, 9.17) is 5.73 Å². The van der Waals surface area contributed by atoms with Gasteiger partial charge >= 0.3 is 0 Å².